The van der Waals surface area contributed by atoms with Crippen LogP contribution in [0.4, 0.5) is 0 Å². The Labute approximate surface area is 194 Å². The van der Waals surface area contributed by atoms with Crippen LogP contribution in [0.5, 0.6) is 0 Å². The molecule has 1 fully saturated rings. The summed E-state index contributed by atoms with van der Waals surface area (Å²) in [6.07, 6.45) is 28.4. The quantitative estimate of drug-likeness (QED) is 0.180. The van der Waals surface area contributed by atoms with Gasteiger partial charge in [0.2, 0.25) is 0 Å². The van der Waals surface area contributed by atoms with Crippen LogP contribution in [0.25, 0.3) is 0 Å². The molecular formula is C24H54MnN4. The zero-order chi connectivity index (χ0) is 20.4. The Morgan fingerprint density at radius 2 is 0.690 bits per heavy atom. The molecule has 0 unspecified atom stereocenters. The third-order valence-electron chi connectivity index (χ3n) is 5.55. The smallest absolute Gasteiger partial charge is 0.0113 e. The van der Waals surface area contributed by atoms with Gasteiger partial charge in [-0.05, 0) is 12.8 Å². The van der Waals surface area contributed by atoms with E-state index in [0.717, 1.165) is 13.1 Å². The Morgan fingerprint density at radius 1 is 0.414 bits per heavy atom. The predicted octanol–water partition coefficient (Wildman–Crippen LogP) is 6.93. The molecule has 1 radical (unpaired) electrons. The SMILES string of the molecule is C1CCCCNNNNCCC1.CCCCCCCCCCCCCCCC.[Mn]. The van der Waals surface area contributed by atoms with E-state index >= 15 is 0 Å². The van der Waals surface area contributed by atoms with Gasteiger partial charge in [0.05, 0.1) is 0 Å². The molecule has 0 aromatic heterocycles. The van der Waals surface area contributed by atoms with Crippen molar-refractivity contribution in [2.24, 2.45) is 0 Å². The van der Waals surface area contributed by atoms with E-state index in [0.29, 0.717) is 0 Å². The average molecular weight is 454 g/mol. The molecule has 0 aromatic rings. The topological polar surface area (TPSA) is 48.1 Å². The summed E-state index contributed by atoms with van der Waals surface area (Å²) in [5, 5.41) is 0. The van der Waals surface area contributed by atoms with Gasteiger partial charge >= 0.3 is 0 Å². The maximum Gasteiger partial charge on any atom is 0.0113 e. The van der Waals surface area contributed by atoms with Crippen LogP contribution in [-0.2, 0) is 17.1 Å². The molecule has 4 nitrogen and oxygen atoms in total. The first kappa shape index (κ1) is 31.5. The number of rotatable bonds is 13. The zero-order valence-corrected chi connectivity index (χ0v) is 21.1. The minimum absolute atomic E-state index is 0. The summed E-state index contributed by atoms with van der Waals surface area (Å²) in [5.41, 5.74) is 11.9. The average Bonchev–Trinajstić information content (AvgIpc) is 2.70. The minimum atomic E-state index is 0. The van der Waals surface area contributed by atoms with Gasteiger partial charge in [-0.1, -0.05) is 129 Å². The minimum Gasteiger partial charge on any atom is -0.243 e. The molecule has 0 bridgehead atoms. The van der Waals surface area contributed by atoms with Crippen molar-refractivity contribution in [2.75, 3.05) is 13.1 Å². The number of unbranched alkanes of at least 4 members (excludes halogenated alkanes) is 13. The molecule has 5 heteroatoms. The van der Waals surface area contributed by atoms with E-state index in [1.807, 2.05) is 0 Å². The van der Waals surface area contributed by atoms with Crippen molar-refractivity contribution in [1.29, 1.82) is 0 Å². The normalized spacial score (nSPS) is 15.9. The third-order valence-corrected chi connectivity index (χ3v) is 5.55. The Kier molecular flexibility index (Phi) is 33.2. The fourth-order valence-electron chi connectivity index (χ4n) is 3.62. The first-order valence-corrected chi connectivity index (χ1v) is 12.9. The van der Waals surface area contributed by atoms with Gasteiger partial charge in [0.15, 0.2) is 0 Å². The van der Waals surface area contributed by atoms with Gasteiger partial charge in [-0.15, -0.1) is 0 Å². The summed E-state index contributed by atoms with van der Waals surface area (Å²) >= 11 is 0. The third kappa shape index (κ3) is 30.6. The Bertz CT molecular complexity index is 210. The van der Waals surface area contributed by atoms with Crippen LogP contribution in [0.2, 0.25) is 0 Å². The molecule has 1 saturated heterocycles. The van der Waals surface area contributed by atoms with Gasteiger partial charge in [0, 0.05) is 30.2 Å². The maximum atomic E-state index is 3.08. The summed E-state index contributed by atoms with van der Waals surface area (Å²) < 4.78 is 0. The van der Waals surface area contributed by atoms with Gasteiger partial charge in [-0.25, -0.2) is 10.9 Å². The zero-order valence-electron chi connectivity index (χ0n) is 19.9. The molecule has 1 aliphatic rings. The van der Waals surface area contributed by atoms with Crippen molar-refractivity contribution in [1.82, 2.24) is 21.9 Å². The van der Waals surface area contributed by atoms with Crippen LogP contribution >= 0.6 is 0 Å². The molecule has 4 N–H and O–H groups in total. The first-order chi connectivity index (χ1) is 13.9. The van der Waals surface area contributed by atoms with Gasteiger partial charge in [-0.2, -0.15) is 11.1 Å². The number of hydrogen-bond acceptors (Lipinski definition) is 4. The molecular weight excluding hydrogens is 399 g/mol. The van der Waals surface area contributed by atoms with Crippen molar-refractivity contribution >= 4 is 0 Å². The van der Waals surface area contributed by atoms with Crippen LogP contribution < -0.4 is 21.9 Å². The molecule has 1 heterocycles. The van der Waals surface area contributed by atoms with E-state index in [1.54, 1.807) is 0 Å². The molecule has 0 spiro atoms. The fraction of sp³-hybridized carbons (Fsp3) is 1.00. The second kappa shape index (κ2) is 30.6. The predicted molar refractivity (Wildman–Crippen MR) is 126 cm³/mol. The number of hydrazine groups is 3. The largest absolute Gasteiger partial charge is 0.243 e. The van der Waals surface area contributed by atoms with E-state index in [9.17, 15) is 0 Å². The van der Waals surface area contributed by atoms with Gasteiger partial charge in [-0.3, -0.25) is 0 Å². The van der Waals surface area contributed by atoms with Gasteiger partial charge in [0.25, 0.3) is 0 Å². The summed E-state index contributed by atoms with van der Waals surface area (Å²) in [6, 6.07) is 0. The van der Waals surface area contributed by atoms with Crippen molar-refractivity contribution in [3.05, 3.63) is 0 Å². The van der Waals surface area contributed by atoms with Crippen molar-refractivity contribution in [3.8, 4) is 0 Å². The maximum absolute atomic E-state index is 3.08. The summed E-state index contributed by atoms with van der Waals surface area (Å²) in [4.78, 5) is 0. The first-order valence-electron chi connectivity index (χ1n) is 12.9. The molecule has 1 rings (SSSR count). The van der Waals surface area contributed by atoms with E-state index in [4.69, 9.17) is 0 Å². The van der Waals surface area contributed by atoms with E-state index in [2.05, 4.69) is 35.8 Å². The van der Waals surface area contributed by atoms with Gasteiger partial charge < -0.3 is 0 Å². The molecule has 0 saturated carbocycles. The van der Waals surface area contributed by atoms with Crippen LogP contribution in [0.15, 0.2) is 0 Å². The molecule has 0 atom stereocenters. The molecule has 0 aromatic carbocycles. The van der Waals surface area contributed by atoms with Crippen LogP contribution in [-0.4, -0.2) is 13.1 Å². The summed E-state index contributed by atoms with van der Waals surface area (Å²) in [5.74, 6) is 0. The molecule has 177 valence electrons. The molecule has 29 heavy (non-hydrogen) atoms. The summed E-state index contributed by atoms with van der Waals surface area (Å²) in [7, 11) is 0. The van der Waals surface area contributed by atoms with E-state index < -0.39 is 0 Å². The van der Waals surface area contributed by atoms with E-state index in [1.165, 1.54) is 128 Å². The number of hydrogen-bond donors (Lipinski definition) is 4. The van der Waals surface area contributed by atoms with Gasteiger partial charge in [0.1, 0.15) is 0 Å². The van der Waals surface area contributed by atoms with Crippen LogP contribution in [0.3, 0.4) is 0 Å². The van der Waals surface area contributed by atoms with Crippen molar-refractivity contribution in [3.63, 3.8) is 0 Å². The Hall–Kier alpha value is 0.359. The number of nitrogens with one attached hydrogen (secondary N) is 4. The Balaban J connectivity index is 0. The Morgan fingerprint density at radius 3 is 1.00 bits per heavy atom. The molecule has 0 aliphatic carbocycles. The molecule has 0 amide bonds. The second-order valence-corrected chi connectivity index (χ2v) is 8.47. The second-order valence-electron chi connectivity index (χ2n) is 8.47. The van der Waals surface area contributed by atoms with Crippen molar-refractivity contribution in [2.45, 2.75) is 142 Å². The van der Waals surface area contributed by atoms with Crippen LogP contribution in [0.1, 0.15) is 142 Å². The van der Waals surface area contributed by atoms with E-state index in [-0.39, 0.29) is 17.1 Å². The monoisotopic (exact) mass is 453 g/mol. The fourth-order valence-corrected chi connectivity index (χ4v) is 3.62. The standard InChI is InChI=1S/C16H34.C8H20N4.Mn/c1-3-5-7-9-11-13-15-16-14-12-10-8-6-4-2;1-2-4-6-8-10-12-11-9-7-5-3-1;/h3-16H2,1-2H3;9-12H,1-8H2;. The van der Waals surface area contributed by atoms with Crippen molar-refractivity contribution < 1.29 is 17.1 Å². The van der Waals surface area contributed by atoms with Crippen LogP contribution in [0, 0.1) is 0 Å². The summed E-state index contributed by atoms with van der Waals surface area (Å²) in [6.45, 7) is 6.65. The molecule has 1 aliphatic heterocycles.